The Hall–Kier alpha value is -2.29. The Bertz CT molecular complexity index is 632. The van der Waals surface area contributed by atoms with Crippen molar-refractivity contribution in [1.29, 1.82) is 0 Å². The van der Waals surface area contributed by atoms with Gasteiger partial charge in [0.25, 0.3) is 0 Å². The lowest BCUT2D eigenvalue weighted by Crippen LogP contribution is -2.31. The minimum atomic E-state index is -0.189. The lowest BCUT2D eigenvalue weighted by Gasteiger charge is -2.17. The van der Waals surface area contributed by atoms with Gasteiger partial charge in [-0.25, -0.2) is 4.79 Å². The van der Waals surface area contributed by atoms with Crippen LogP contribution < -0.4 is 10.6 Å². The van der Waals surface area contributed by atoms with E-state index in [1.54, 1.807) is 0 Å². The molecule has 3 heteroatoms. The van der Waals surface area contributed by atoms with Gasteiger partial charge in [0.05, 0.1) is 6.04 Å². The molecule has 2 aromatic rings. The predicted octanol–water partition coefficient (Wildman–Crippen LogP) is 4.49. The van der Waals surface area contributed by atoms with Crippen molar-refractivity contribution in [3.8, 4) is 0 Å². The standard InChI is InChI=1S/C18H22N2O/c1-12-5-8-16(9-6-12)20-18(21)19-15(4)17-10-7-13(2)11-14(17)3/h5-11,15H,1-4H3,(H2,19,20,21)/t15-/m0/s1. The second kappa shape index (κ2) is 6.44. The average molecular weight is 282 g/mol. The van der Waals surface area contributed by atoms with E-state index in [-0.39, 0.29) is 12.1 Å². The second-order valence-corrected chi connectivity index (χ2v) is 5.55. The first-order valence-corrected chi connectivity index (χ1v) is 7.17. The molecule has 0 unspecified atom stereocenters. The van der Waals surface area contributed by atoms with Gasteiger partial charge in [-0.3, -0.25) is 0 Å². The molecule has 0 radical (unpaired) electrons. The lowest BCUT2D eigenvalue weighted by atomic mass is 10.0. The van der Waals surface area contributed by atoms with Gasteiger partial charge in [-0.15, -0.1) is 0 Å². The number of anilines is 1. The van der Waals surface area contributed by atoms with Crippen LogP contribution in [0, 0.1) is 20.8 Å². The Balaban J connectivity index is 2.00. The highest BCUT2D eigenvalue weighted by Crippen LogP contribution is 2.18. The van der Waals surface area contributed by atoms with E-state index < -0.39 is 0 Å². The average Bonchev–Trinajstić information content (AvgIpc) is 2.41. The van der Waals surface area contributed by atoms with Gasteiger partial charge in [0.2, 0.25) is 0 Å². The maximum Gasteiger partial charge on any atom is 0.319 e. The van der Waals surface area contributed by atoms with Gasteiger partial charge in [-0.2, -0.15) is 0 Å². The molecule has 2 aromatic carbocycles. The van der Waals surface area contributed by atoms with Crippen LogP contribution in [0.2, 0.25) is 0 Å². The summed E-state index contributed by atoms with van der Waals surface area (Å²) < 4.78 is 0. The molecule has 0 aliphatic carbocycles. The van der Waals surface area contributed by atoms with Crippen molar-refractivity contribution in [1.82, 2.24) is 5.32 Å². The van der Waals surface area contributed by atoms with Gasteiger partial charge in [0.1, 0.15) is 0 Å². The summed E-state index contributed by atoms with van der Waals surface area (Å²) in [7, 11) is 0. The van der Waals surface area contributed by atoms with Crippen LogP contribution in [0.3, 0.4) is 0 Å². The minimum Gasteiger partial charge on any atom is -0.331 e. The third kappa shape index (κ3) is 4.09. The summed E-state index contributed by atoms with van der Waals surface area (Å²) >= 11 is 0. The van der Waals surface area contributed by atoms with Crippen molar-refractivity contribution in [2.75, 3.05) is 5.32 Å². The number of amides is 2. The Morgan fingerprint density at radius 3 is 2.19 bits per heavy atom. The fourth-order valence-corrected chi connectivity index (χ4v) is 2.39. The molecular weight excluding hydrogens is 260 g/mol. The number of urea groups is 1. The van der Waals surface area contributed by atoms with E-state index in [0.29, 0.717) is 0 Å². The topological polar surface area (TPSA) is 41.1 Å². The molecule has 0 heterocycles. The summed E-state index contributed by atoms with van der Waals surface area (Å²) in [6.07, 6.45) is 0. The number of nitrogens with one attached hydrogen (secondary N) is 2. The van der Waals surface area contributed by atoms with Crippen molar-refractivity contribution in [3.05, 3.63) is 64.7 Å². The molecule has 21 heavy (non-hydrogen) atoms. The van der Waals surface area contributed by atoms with E-state index in [0.717, 1.165) is 11.3 Å². The molecule has 2 rings (SSSR count). The summed E-state index contributed by atoms with van der Waals surface area (Å²) in [4.78, 5) is 12.0. The number of hydrogen-bond acceptors (Lipinski definition) is 1. The van der Waals surface area contributed by atoms with Crippen molar-refractivity contribution >= 4 is 11.7 Å². The zero-order valence-electron chi connectivity index (χ0n) is 13.0. The maximum absolute atomic E-state index is 12.0. The first-order valence-electron chi connectivity index (χ1n) is 7.17. The zero-order chi connectivity index (χ0) is 15.4. The maximum atomic E-state index is 12.0. The normalized spacial score (nSPS) is 11.8. The Morgan fingerprint density at radius 1 is 0.952 bits per heavy atom. The van der Waals surface area contributed by atoms with Crippen LogP contribution in [-0.4, -0.2) is 6.03 Å². The van der Waals surface area contributed by atoms with Crippen molar-refractivity contribution < 1.29 is 4.79 Å². The van der Waals surface area contributed by atoms with Crippen LogP contribution in [-0.2, 0) is 0 Å². The first-order chi connectivity index (χ1) is 9.95. The molecule has 2 N–H and O–H groups in total. The summed E-state index contributed by atoms with van der Waals surface area (Å²) in [5, 5.41) is 5.82. The van der Waals surface area contributed by atoms with E-state index in [1.165, 1.54) is 16.7 Å². The highest BCUT2D eigenvalue weighted by molar-refractivity contribution is 5.89. The first kappa shape index (κ1) is 15.1. The number of rotatable bonds is 3. The van der Waals surface area contributed by atoms with Gasteiger partial charge < -0.3 is 10.6 Å². The molecule has 0 aliphatic rings. The van der Waals surface area contributed by atoms with E-state index in [4.69, 9.17) is 0 Å². The monoisotopic (exact) mass is 282 g/mol. The molecule has 0 saturated heterocycles. The second-order valence-electron chi connectivity index (χ2n) is 5.55. The highest BCUT2D eigenvalue weighted by atomic mass is 16.2. The zero-order valence-corrected chi connectivity index (χ0v) is 13.0. The Morgan fingerprint density at radius 2 is 1.57 bits per heavy atom. The van der Waals surface area contributed by atoms with E-state index in [9.17, 15) is 4.79 Å². The minimum absolute atomic E-state index is 0.0314. The van der Waals surface area contributed by atoms with E-state index in [1.807, 2.05) is 38.1 Å². The van der Waals surface area contributed by atoms with Crippen molar-refractivity contribution in [3.63, 3.8) is 0 Å². The van der Waals surface area contributed by atoms with Crippen LogP contribution >= 0.6 is 0 Å². The molecule has 0 spiro atoms. The Labute approximate surface area is 126 Å². The summed E-state index contributed by atoms with van der Waals surface area (Å²) in [5.41, 5.74) is 5.53. The molecule has 110 valence electrons. The molecule has 2 amide bonds. The van der Waals surface area contributed by atoms with Crippen molar-refractivity contribution in [2.45, 2.75) is 33.7 Å². The predicted molar refractivity (Wildman–Crippen MR) is 87.7 cm³/mol. The van der Waals surface area contributed by atoms with Gasteiger partial charge in [-0.05, 0) is 51.0 Å². The smallest absolute Gasteiger partial charge is 0.319 e. The number of carbonyl (C=O) groups is 1. The SMILES string of the molecule is Cc1ccc(NC(=O)N[C@@H](C)c2ccc(C)cc2C)cc1. The molecule has 0 bridgehead atoms. The fraction of sp³-hybridized carbons (Fsp3) is 0.278. The molecule has 0 aromatic heterocycles. The summed E-state index contributed by atoms with van der Waals surface area (Å²) in [6.45, 7) is 8.15. The van der Waals surface area contributed by atoms with Gasteiger partial charge in [0, 0.05) is 5.69 Å². The fourth-order valence-electron chi connectivity index (χ4n) is 2.39. The van der Waals surface area contributed by atoms with Crippen LogP contribution in [0.15, 0.2) is 42.5 Å². The largest absolute Gasteiger partial charge is 0.331 e. The third-order valence-electron chi connectivity index (χ3n) is 3.55. The summed E-state index contributed by atoms with van der Waals surface area (Å²) in [6, 6.07) is 13.8. The van der Waals surface area contributed by atoms with E-state index >= 15 is 0 Å². The third-order valence-corrected chi connectivity index (χ3v) is 3.55. The van der Waals surface area contributed by atoms with Gasteiger partial charge >= 0.3 is 6.03 Å². The van der Waals surface area contributed by atoms with Crippen LogP contribution in [0.4, 0.5) is 10.5 Å². The van der Waals surface area contributed by atoms with Crippen LogP contribution in [0.5, 0.6) is 0 Å². The Kier molecular flexibility index (Phi) is 4.63. The van der Waals surface area contributed by atoms with Gasteiger partial charge in [-0.1, -0.05) is 41.5 Å². The molecule has 0 aliphatic heterocycles. The molecule has 0 saturated carbocycles. The number of hydrogen-bond donors (Lipinski definition) is 2. The number of carbonyl (C=O) groups excluding carboxylic acids is 1. The summed E-state index contributed by atoms with van der Waals surface area (Å²) in [5.74, 6) is 0. The molecule has 3 nitrogen and oxygen atoms in total. The number of benzene rings is 2. The molecular formula is C18H22N2O. The van der Waals surface area contributed by atoms with Gasteiger partial charge in [0.15, 0.2) is 0 Å². The van der Waals surface area contributed by atoms with Crippen LogP contribution in [0.1, 0.15) is 35.2 Å². The molecule has 0 fully saturated rings. The molecule has 1 atom stereocenters. The van der Waals surface area contributed by atoms with Crippen LogP contribution in [0.25, 0.3) is 0 Å². The van der Waals surface area contributed by atoms with Crippen molar-refractivity contribution in [2.24, 2.45) is 0 Å². The quantitative estimate of drug-likeness (QED) is 0.855. The number of aryl methyl sites for hydroxylation is 3. The lowest BCUT2D eigenvalue weighted by molar-refractivity contribution is 0.249. The highest BCUT2D eigenvalue weighted by Gasteiger charge is 2.11. The van der Waals surface area contributed by atoms with E-state index in [2.05, 4.69) is 42.7 Å².